The molecule has 0 saturated carbocycles. The van der Waals surface area contributed by atoms with Gasteiger partial charge >= 0.3 is 367 Å². The van der Waals surface area contributed by atoms with Crippen molar-refractivity contribution in [2.24, 2.45) is 0 Å². The second-order valence-electron chi connectivity index (χ2n) is 14.6. The van der Waals surface area contributed by atoms with Gasteiger partial charge in [-0.25, -0.2) is 0 Å². The zero-order valence-corrected chi connectivity index (χ0v) is 39.5. The first kappa shape index (κ1) is 40.1. The van der Waals surface area contributed by atoms with Crippen LogP contribution in [0.4, 0.5) is 0 Å². The molecule has 0 aliphatic rings. The Morgan fingerprint density at radius 2 is 0.288 bits per heavy atom. The Morgan fingerprint density at radius 3 is 0.390 bits per heavy atom. The van der Waals surface area contributed by atoms with Gasteiger partial charge < -0.3 is 0 Å². The molecule has 0 bridgehead atoms. The average molecular weight is 1020 g/mol. The van der Waals surface area contributed by atoms with Crippen molar-refractivity contribution in [3.8, 4) is 0 Å². The van der Waals surface area contributed by atoms with Crippen LogP contribution in [0.2, 0.25) is 0 Å². The van der Waals surface area contributed by atoms with E-state index in [4.69, 9.17) is 0 Å². The summed E-state index contributed by atoms with van der Waals surface area (Å²) in [7, 11) is -3.80. The van der Waals surface area contributed by atoms with Crippen LogP contribution in [-0.4, -0.2) is 0 Å². The van der Waals surface area contributed by atoms with E-state index in [0.717, 1.165) is 0 Å². The van der Waals surface area contributed by atoms with E-state index in [1.807, 2.05) is 0 Å². The molecule has 0 radical (unpaired) electrons. The first-order valence-corrected chi connectivity index (χ1v) is 37.8. The fourth-order valence-electron chi connectivity index (χ4n) is 9.20. The van der Waals surface area contributed by atoms with Crippen molar-refractivity contribution in [3.05, 3.63) is 273 Å². The van der Waals surface area contributed by atoms with E-state index in [2.05, 4.69) is 293 Å². The summed E-state index contributed by atoms with van der Waals surface area (Å²) in [5, 5.41) is 13.3. The van der Waals surface area contributed by atoms with Crippen LogP contribution in [0.3, 0.4) is 0 Å². The van der Waals surface area contributed by atoms with Crippen molar-refractivity contribution in [2.75, 3.05) is 0 Å². The molecule has 0 N–H and O–H groups in total. The molecule has 0 aliphatic heterocycles. The summed E-state index contributed by atoms with van der Waals surface area (Å²) < 4.78 is 0. The maximum atomic E-state index is 3.40. The van der Waals surface area contributed by atoms with E-state index in [-0.39, 0.29) is 0 Å². The number of halogens is 1. The Labute approximate surface area is 364 Å². The summed E-state index contributed by atoms with van der Waals surface area (Å²) in [5.41, 5.74) is -9.82. The van der Waals surface area contributed by atoms with Gasteiger partial charge in [0.25, 0.3) is 0 Å². The van der Waals surface area contributed by atoms with E-state index in [1.54, 1.807) is 0 Å². The Balaban J connectivity index is 1.71. The van der Waals surface area contributed by atoms with Gasteiger partial charge in [-0.3, -0.25) is 0 Å². The molecular weight excluding hydrogens is 971 g/mol. The monoisotopic (exact) mass is 1020 g/mol. The molecule has 0 heterocycles. The quantitative estimate of drug-likeness (QED) is 0.0650. The number of hydrogen-bond donors (Lipinski definition) is 0. The van der Waals surface area contributed by atoms with Gasteiger partial charge in [-0.1, -0.05) is 0 Å². The molecule has 0 fully saturated rings. The third-order valence-corrected chi connectivity index (χ3v) is 107. The fourth-order valence-corrected chi connectivity index (χ4v) is 139. The molecule has 5 heteroatoms. The Hall–Kier alpha value is -4.38. The molecule has 0 unspecified atom stereocenters. The molecule has 59 heavy (non-hydrogen) atoms. The van der Waals surface area contributed by atoms with Gasteiger partial charge in [0.15, 0.2) is 0 Å². The van der Waals surface area contributed by atoms with Crippen LogP contribution in [0.25, 0.3) is 0 Å². The standard InChI is InChI=1S/3C18H15P.HI.Rh/c3*1-4-10-16(11-5-1)19(17-12-6-2-7-13-17)18-14-8-3-9-15-18;;/h3*1-15H;1H;/q;;;;-2/p+2. The van der Waals surface area contributed by atoms with E-state index >= 15 is 0 Å². The number of rotatable bonds is 12. The van der Waals surface area contributed by atoms with Gasteiger partial charge in [-0.2, -0.15) is 0 Å². The van der Waals surface area contributed by atoms with Crippen LogP contribution in [0, 0.1) is 0 Å². The van der Waals surface area contributed by atoms with Crippen molar-refractivity contribution in [1.82, 2.24) is 0 Å². The van der Waals surface area contributed by atoms with Gasteiger partial charge in [0.2, 0.25) is 0 Å². The molecule has 0 atom stereocenters. The van der Waals surface area contributed by atoms with Crippen molar-refractivity contribution in [3.63, 3.8) is 0 Å². The number of hydrogen-bond acceptors (Lipinski definition) is 0. The van der Waals surface area contributed by atoms with Crippen LogP contribution in [0.5, 0.6) is 0 Å². The SMILES string of the molecule is [I][Rh]([PH](c1ccccc1)(c1ccccc1)c1ccccc1)([PH](c1ccccc1)(c1ccccc1)c1ccccc1)[PH](c1ccccc1)(c1ccccc1)c1ccccc1. The van der Waals surface area contributed by atoms with Gasteiger partial charge in [0.1, 0.15) is 0 Å². The van der Waals surface area contributed by atoms with Crippen LogP contribution in [0.1, 0.15) is 0 Å². The maximum absolute atomic E-state index is 3.80. The van der Waals surface area contributed by atoms with Crippen molar-refractivity contribution >= 4 is 84.3 Å². The molecule has 295 valence electrons. The normalized spacial score (nSPS) is 14.3. The summed E-state index contributed by atoms with van der Waals surface area (Å²) in [6.45, 7) is 0. The van der Waals surface area contributed by atoms with Gasteiger partial charge in [-0.05, 0) is 0 Å². The van der Waals surface area contributed by atoms with Crippen LogP contribution >= 0.6 is 36.5 Å². The third-order valence-electron chi connectivity index (χ3n) is 11.5. The first-order chi connectivity index (χ1) is 29.2. The zero-order valence-electron chi connectivity index (χ0n) is 32.7. The minimum atomic E-state index is -3.80. The minimum absolute atomic E-state index is 1.48. The summed E-state index contributed by atoms with van der Waals surface area (Å²) in [4.78, 5) is 0. The summed E-state index contributed by atoms with van der Waals surface area (Å²) in [5.74, 6) is 0. The molecular formula is C54H48IP3Rh. The average Bonchev–Trinajstić information content (AvgIpc) is 3.33. The predicted octanol–water partition coefficient (Wildman–Crippen LogP) is 10.4. The third kappa shape index (κ3) is 6.47. The zero-order chi connectivity index (χ0) is 40.0. The summed E-state index contributed by atoms with van der Waals surface area (Å²) in [6.07, 6.45) is 0. The van der Waals surface area contributed by atoms with Crippen molar-refractivity contribution in [1.29, 1.82) is 0 Å². The fraction of sp³-hybridized carbons (Fsp3) is 0. The van der Waals surface area contributed by atoms with E-state index < -0.39 is 26.6 Å². The molecule has 9 aromatic rings. The van der Waals surface area contributed by atoms with Crippen LogP contribution in [-0.2, 0) is 9.82 Å². The van der Waals surface area contributed by atoms with Crippen molar-refractivity contribution < 1.29 is 9.82 Å². The Kier molecular flexibility index (Phi) is 12.0. The summed E-state index contributed by atoms with van der Waals surface area (Å²) >= 11 is 3.40. The Morgan fingerprint density at radius 1 is 0.186 bits per heavy atom. The first-order valence-electron chi connectivity index (χ1n) is 20.1. The van der Waals surface area contributed by atoms with E-state index in [9.17, 15) is 0 Å². The van der Waals surface area contributed by atoms with Gasteiger partial charge in [-0.15, -0.1) is 0 Å². The number of benzene rings is 9. The molecule has 0 aromatic heterocycles. The summed E-state index contributed by atoms with van der Waals surface area (Å²) in [6, 6.07) is 107. The molecule has 0 amide bonds. The second-order valence-corrected chi connectivity index (χ2v) is 70.0. The molecule has 0 spiro atoms. The van der Waals surface area contributed by atoms with Crippen LogP contribution in [0.15, 0.2) is 273 Å². The molecule has 9 rings (SSSR count). The van der Waals surface area contributed by atoms with E-state index in [0.29, 0.717) is 0 Å². The van der Waals surface area contributed by atoms with Gasteiger partial charge in [0, 0.05) is 0 Å². The molecule has 0 saturated heterocycles. The molecule has 9 aromatic carbocycles. The van der Waals surface area contributed by atoms with Crippen molar-refractivity contribution in [2.45, 2.75) is 0 Å². The van der Waals surface area contributed by atoms with Gasteiger partial charge in [0.05, 0.1) is 0 Å². The van der Waals surface area contributed by atoms with E-state index in [1.165, 1.54) is 47.7 Å². The molecule has 0 aliphatic carbocycles. The molecule has 0 nitrogen and oxygen atoms in total. The topological polar surface area (TPSA) is 0 Å². The Bertz CT molecular complexity index is 2100. The second kappa shape index (κ2) is 17.7. The van der Waals surface area contributed by atoms with Crippen LogP contribution < -0.4 is 47.7 Å². The predicted molar refractivity (Wildman–Crippen MR) is 274 cm³/mol.